The van der Waals surface area contributed by atoms with E-state index in [0.717, 1.165) is 55.3 Å². The van der Waals surface area contributed by atoms with E-state index in [1.54, 1.807) is 11.3 Å². The third-order valence-electron chi connectivity index (χ3n) is 12.7. The van der Waals surface area contributed by atoms with E-state index in [1.807, 2.05) is 17.4 Å². The Morgan fingerprint density at radius 1 is 0.355 bits per heavy atom. The van der Waals surface area contributed by atoms with Crippen LogP contribution in [0.4, 0.5) is 0 Å². The highest BCUT2D eigenvalue weighted by Gasteiger charge is 2.24. The Labute approximate surface area is 362 Å². The smallest absolute Gasteiger partial charge is 0.161 e. The maximum atomic E-state index is 5.55. The predicted molar refractivity (Wildman–Crippen MR) is 265 cm³/mol. The van der Waals surface area contributed by atoms with Crippen molar-refractivity contribution in [3.8, 4) is 34.0 Å². The molecule has 62 heavy (non-hydrogen) atoms. The van der Waals surface area contributed by atoms with Gasteiger partial charge < -0.3 is 9.13 Å². The van der Waals surface area contributed by atoms with Crippen LogP contribution in [0.1, 0.15) is 0 Å². The minimum atomic E-state index is 0.720. The number of thiophene rings is 2. The van der Waals surface area contributed by atoms with Crippen LogP contribution in [0.2, 0.25) is 0 Å². The van der Waals surface area contributed by atoms with Gasteiger partial charge in [0.1, 0.15) is 4.83 Å². The van der Waals surface area contributed by atoms with Crippen LogP contribution in [0, 0.1) is 0 Å². The van der Waals surface area contributed by atoms with E-state index in [-0.39, 0.29) is 0 Å². The van der Waals surface area contributed by atoms with Crippen LogP contribution in [0.5, 0.6) is 0 Å². The van der Waals surface area contributed by atoms with E-state index in [0.29, 0.717) is 0 Å². The zero-order valence-corrected chi connectivity index (χ0v) is 34.7. The summed E-state index contributed by atoms with van der Waals surface area (Å²) in [6.45, 7) is 0. The number of fused-ring (bicyclic) bond motifs is 16. The number of hydrogen-bond donors (Lipinski definition) is 0. The lowest BCUT2D eigenvalue weighted by Crippen LogP contribution is -2.01. The molecular weight excluding hydrogens is 793 g/mol. The summed E-state index contributed by atoms with van der Waals surface area (Å²) in [5.41, 5.74) is 9.79. The van der Waals surface area contributed by atoms with Crippen LogP contribution in [-0.4, -0.2) is 19.1 Å². The summed E-state index contributed by atoms with van der Waals surface area (Å²) in [7, 11) is 0. The van der Waals surface area contributed by atoms with Gasteiger partial charge in [0, 0.05) is 90.5 Å². The average molecular weight is 825 g/mol. The van der Waals surface area contributed by atoms with Crippen molar-refractivity contribution in [1.29, 1.82) is 0 Å². The first-order chi connectivity index (χ1) is 30.8. The highest BCUT2D eigenvalue weighted by Crippen LogP contribution is 2.49. The predicted octanol–water partition coefficient (Wildman–Crippen LogP) is 15.9. The second-order valence-corrected chi connectivity index (χ2v) is 18.2. The quantitative estimate of drug-likeness (QED) is 0.177. The fourth-order valence-corrected chi connectivity index (χ4v) is 12.5. The Morgan fingerprint density at radius 3 is 1.56 bits per heavy atom. The number of nitrogens with zero attached hydrogens (tertiary/aromatic N) is 4. The SMILES string of the molecule is c1ccc(-c2nc(-c3cc(-n4c5ccccc5c5ccccc54)cc(-n4c5ccccc5c5c6c7ccccc7sc6c6ccccc6c54)c3)c3c(n2)sc2ccccc23)cc1. The zero-order chi connectivity index (χ0) is 40.5. The Morgan fingerprint density at radius 2 is 0.871 bits per heavy atom. The molecule has 0 radical (unpaired) electrons. The molecule has 0 spiro atoms. The molecule has 0 amide bonds. The standard InChI is InChI=1S/C56H32N4S2/c1-2-16-33(17-3-1)55-57-52(51-43-24-10-15-29-48(43)62-56(51)58-55)34-30-35(59-44-25-11-6-18-37(44)38-19-7-12-26-45(38)59)32-36(31-34)60-46-27-13-8-22-41(46)49-50-42-23-9-14-28-47(42)61-54(50)40-21-5-4-20-39(40)53(49)60/h1-32H. The van der Waals surface area contributed by atoms with Crippen LogP contribution in [0.25, 0.3) is 129 Å². The van der Waals surface area contributed by atoms with Crippen LogP contribution in [0.3, 0.4) is 0 Å². The Kier molecular flexibility index (Phi) is 7.11. The van der Waals surface area contributed by atoms with E-state index in [4.69, 9.17) is 9.97 Å². The molecule has 0 atom stereocenters. The van der Waals surface area contributed by atoms with Gasteiger partial charge in [0.05, 0.1) is 27.8 Å². The van der Waals surface area contributed by atoms with Gasteiger partial charge in [0.2, 0.25) is 0 Å². The molecule has 0 saturated carbocycles. The summed E-state index contributed by atoms with van der Waals surface area (Å²) in [5, 5.41) is 12.4. The monoisotopic (exact) mass is 824 g/mol. The van der Waals surface area contributed by atoms with Gasteiger partial charge in [-0.15, -0.1) is 22.7 Å². The number of para-hydroxylation sites is 3. The van der Waals surface area contributed by atoms with Crippen molar-refractivity contribution in [2.24, 2.45) is 0 Å². The van der Waals surface area contributed by atoms with E-state index in [1.165, 1.54) is 73.6 Å². The molecule has 0 aliphatic rings. The molecule has 5 aromatic heterocycles. The lowest BCUT2D eigenvalue weighted by molar-refractivity contribution is 1.13. The molecule has 288 valence electrons. The lowest BCUT2D eigenvalue weighted by atomic mass is 9.99. The first-order valence-corrected chi connectivity index (χ1v) is 22.5. The molecule has 0 unspecified atom stereocenters. The van der Waals surface area contributed by atoms with Gasteiger partial charge in [0.15, 0.2) is 5.82 Å². The first kappa shape index (κ1) is 34.1. The van der Waals surface area contributed by atoms with E-state index >= 15 is 0 Å². The molecule has 0 aliphatic heterocycles. The van der Waals surface area contributed by atoms with Crippen LogP contribution in [0.15, 0.2) is 194 Å². The van der Waals surface area contributed by atoms with Gasteiger partial charge in [0.25, 0.3) is 0 Å². The highest BCUT2D eigenvalue weighted by atomic mass is 32.1. The van der Waals surface area contributed by atoms with Crippen LogP contribution < -0.4 is 0 Å². The summed E-state index contributed by atoms with van der Waals surface area (Å²) in [4.78, 5) is 11.8. The number of hydrogen-bond acceptors (Lipinski definition) is 4. The summed E-state index contributed by atoms with van der Waals surface area (Å²) < 4.78 is 8.80. The normalized spacial score (nSPS) is 12.2. The minimum Gasteiger partial charge on any atom is -0.309 e. The lowest BCUT2D eigenvalue weighted by Gasteiger charge is -2.17. The second kappa shape index (κ2) is 12.9. The molecule has 9 aromatic carbocycles. The van der Waals surface area contributed by atoms with Crippen molar-refractivity contribution in [2.75, 3.05) is 0 Å². The minimum absolute atomic E-state index is 0.720. The Hall–Kier alpha value is -7.64. The van der Waals surface area contributed by atoms with Gasteiger partial charge in [-0.3, -0.25) is 0 Å². The molecule has 0 saturated heterocycles. The molecule has 4 nitrogen and oxygen atoms in total. The maximum absolute atomic E-state index is 5.55. The number of benzene rings is 9. The van der Waals surface area contributed by atoms with Crippen molar-refractivity contribution in [2.45, 2.75) is 0 Å². The third kappa shape index (κ3) is 4.76. The highest BCUT2D eigenvalue weighted by molar-refractivity contribution is 7.27. The molecular formula is C56H32N4S2. The fraction of sp³-hybridized carbons (Fsp3) is 0. The summed E-state index contributed by atoms with van der Waals surface area (Å²) >= 11 is 3.63. The van der Waals surface area contributed by atoms with E-state index in [9.17, 15) is 0 Å². The van der Waals surface area contributed by atoms with Crippen molar-refractivity contribution in [3.05, 3.63) is 194 Å². The summed E-state index contributed by atoms with van der Waals surface area (Å²) in [6, 6.07) is 70.6. The first-order valence-electron chi connectivity index (χ1n) is 20.9. The van der Waals surface area contributed by atoms with E-state index in [2.05, 4.69) is 197 Å². The van der Waals surface area contributed by atoms with Crippen molar-refractivity contribution < 1.29 is 0 Å². The molecule has 0 fully saturated rings. The van der Waals surface area contributed by atoms with Gasteiger partial charge in [-0.2, -0.15) is 0 Å². The summed E-state index contributed by atoms with van der Waals surface area (Å²) in [5.74, 6) is 0.720. The zero-order valence-electron chi connectivity index (χ0n) is 33.1. The third-order valence-corrected chi connectivity index (χ3v) is 15.0. The van der Waals surface area contributed by atoms with Crippen molar-refractivity contribution in [3.63, 3.8) is 0 Å². The average Bonchev–Trinajstić information content (AvgIpc) is 4.09. The van der Waals surface area contributed by atoms with E-state index < -0.39 is 0 Å². The number of aromatic nitrogens is 4. The molecule has 14 aromatic rings. The topological polar surface area (TPSA) is 35.6 Å². The van der Waals surface area contributed by atoms with Crippen molar-refractivity contribution in [1.82, 2.24) is 19.1 Å². The maximum Gasteiger partial charge on any atom is 0.161 e. The fourth-order valence-electron chi connectivity index (χ4n) is 10.1. The second-order valence-electron chi connectivity index (χ2n) is 16.1. The molecule has 0 N–H and O–H groups in total. The number of rotatable bonds is 4. The van der Waals surface area contributed by atoms with Crippen LogP contribution >= 0.6 is 22.7 Å². The van der Waals surface area contributed by atoms with Gasteiger partial charge in [-0.05, 0) is 48.5 Å². The molecule has 0 bridgehead atoms. The van der Waals surface area contributed by atoms with Crippen molar-refractivity contribution >= 4 is 118 Å². The molecule has 14 rings (SSSR count). The van der Waals surface area contributed by atoms with Crippen LogP contribution in [-0.2, 0) is 0 Å². The molecule has 6 heteroatoms. The van der Waals surface area contributed by atoms with Gasteiger partial charge in [-0.1, -0.05) is 146 Å². The Bertz CT molecular complexity index is 4120. The Balaban J connectivity index is 1.18. The van der Waals surface area contributed by atoms with Gasteiger partial charge >= 0.3 is 0 Å². The molecule has 0 aliphatic carbocycles. The largest absolute Gasteiger partial charge is 0.309 e. The summed E-state index contributed by atoms with van der Waals surface area (Å²) in [6.07, 6.45) is 0. The van der Waals surface area contributed by atoms with Gasteiger partial charge in [-0.25, -0.2) is 9.97 Å². The molecule has 5 heterocycles.